The van der Waals surface area contributed by atoms with Crippen LogP contribution in [0.15, 0.2) is 54.6 Å². The molecule has 3 aliphatic rings. The van der Waals surface area contributed by atoms with E-state index in [1.807, 2.05) is 12.1 Å². The second kappa shape index (κ2) is 6.29. The Morgan fingerprint density at radius 1 is 1.11 bits per heavy atom. The zero-order valence-corrected chi connectivity index (χ0v) is 15.8. The molecule has 0 amide bonds. The quantitative estimate of drug-likeness (QED) is 0.885. The lowest BCUT2D eigenvalue weighted by molar-refractivity contribution is -0.157. The summed E-state index contributed by atoms with van der Waals surface area (Å²) in [7, 11) is 3.88. The summed E-state index contributed by atoms with van der Waals surface area (Å²) >= 11 is 0. The number of nitrogens with one attached hydrogen (secondary N) is 1. The molecule has 3 heterocycles. The Morgan fingerprint density at radius 2 is 1.93 bits per heavy atom. The molecule has 0 bridgehead atoms. The van der Waals surface area contributed by atoms with Crippen LogP contribution in [0.5, 0.6) is 11.5 Å². The monoisotopic (exact) mass is 363 g/mol. The summed E-state index contributed by atoms with van der Waals surface area (Å²) in [6, 6.07) is 16.8. The Labute approximate surface area is 160 Å². The number of hydrogen-bond acceptors (Lipinski definition) is 5. The topological polar surface area (TPSA) is 37.0 Å². The van der Waals surface area contributed by atoms with E-state index in [0.717, 1.165) is 48.7 Å². The lowest BCUT2D eigenvalue weighted by Gasteiger charge is -2.51. The molecule has 5 nitrogen and oxygen atoms in total. The molecular formula is C22H25N3O2. The summed E-state index contributed by atoms with van der Waals surface area (Å²) in [4.78, 5) is 2.37. The third-order valence-corrected chi connectivity index (χ3v) is 5.97. The van der Waals surface area contributed by atoms with E-state index in [9.17, 15) is 0 Å². The lowest BCUT2D eigenvalue weighted by atomic mass is 9.93. The van der Waals surface area contributed by atoms with E-state index in [-0.39, 0.29) is 11.8 Å². The van der Waals surface area contributed by atoms with Crippen LogP contribution < -0.4 is 14.9 Å². The van der Waals surface area contributed by atoms with Crippen molar-refractivity contribution in [3.05, 3.63) is 65.7 Å². The van der Waals surface area contributed by atoms with Gasteiger partial charge >= 0.3 is 0 Å². The molecule has 0 saturated carbocycles. The Balaban J connectivity index is 1.56. The summed E-state index contributed by atoms with van der Waals surface area (Å²) in [5.74, 6) is 1.87. The number of likely N-dealkylation sites (tertiary alicyclic amines) is 1. The summed E-state index contributed by atoms with van der Waals surface area (Å²) in [6.45, 7) is 2.06. The van der Waals surface area contributed by atoms with Crippen molar-refractivity contribution in [3.63, 3.8) is 0 Å². The molecule has 140 valence electrons. The number of piperidine rings is 1. The van der Waals surface area contributed by atoms with Crippen LogP contribution in [0.2, 0.25) is 0 Å². The lowest BCUT2D eigenvalue weighted by Crippen LogP contribution is -2.63. The average molecular weight is 363 g/mol. The van der Waals surface area contributed by atoms with Crippen molar-refractivity contribution in [2.24, 2.45) is 0 Å². The number of para-hydroxylation sites is 1. The minimum absolute atomic E-state index is 0.166. The fourth-order valence-electron chi connectivity index (χ4n) is 4.39. The van der Waals surface area contributed by atoms with Crippen LogP contribution in [-0.4, -0.2) is 42.9 Å². The molecule has 0 aliphatic carbocycles. The molecule has 2 aromatic rings. The summed E-state index contributed by atoms with van der Waals surface area (Å²) in [6.07, 6.45) is 4.26. The number of benzene rings is 2. The van der Waals surface area contributed by atoms with Crippen molar-refractivity contribution >= 4 is 5.70 Å². The second-order valence-electron chi connectivity index (χ2n) is 7.63. The van der Waals surface area contributed by atoms with Gasteiger partial charge in [0.15, 0.2) is 5.72 Å². The number of fused-ring (bicyclic) bond motifs is 4. The zero-order valence-electron chi connectivity index (χ0n) is 15.8. The number of hydrazine groups is 1. The molecule has 5 heteroatoms. The van der Waals surface area contributed by atoms with Crippen LogP contribution in [0.4, 0.5) is 0 Å². The molecule has 1 N–H and O–H groups in total. The maximum Gasteiger partial charge on any atom is 0.182 e. The number of nitrogens with zero attached hydrogens (tertiary/aromatic N) is 2. The van der Waals surface area contributed by atoms with E-state index >= 15 is 0 Å². The Bertz CT molecular complexity index is 887. The van der Waals surface area contributed by atoms with E-state index in [1.165, 1.54) is 5.56 Å². The van der Waals surface area contributed by atoms with Crippen molar-refractivity contribution < 1.29 is 9.47 Å². The summed E-state index contributed by atoms with van der Waals surface area (Å²) < 4.78 is 12.0. The van der Waals surface area contributed by atoms with Crippen molar-refractivity contribution in [3.8, 4) is 11.5 Å². The molecule has 5 rings (SSSR count). The van der Waals surface area contributed by atoms with Crippen molar-refractivity contribution in [1.82, 2.24) is 15.3 Å². The molecule has 1 spiro atoms. The molecule has 1 saturated heterocycles. The highest BCUT2D eigenvalue weighted by atomic mass is 16.5. The zero-order chi connectivity index (χ0) is 18.4. The second-order valence-corrected chi connectivity index (χ2v) is 7.63. The molecule has 1 atom stereocenters. The molecule has 0 unspecified atom stereocenters. The molecule has 0 radical (unpaired) electrons. The van der Waals surface area contributed by atoms with E-state index in [2.05, 4.69) is 64.9 Å². The van der Waals surface area contributed by atoms with Gasteiger partial charge in [-0.3, -0.25) is 0 Å². The van der Waals surface area contributed by atoms with Gasteiger partial charge in [-0.15, -0.1) is 0 Å². The normalized spacial score (nSPS) is 23.8. The number of ether oxygens (including phenoxy) is 2. The minimum Gasteiger partial charge on any atom is -0.497 e. The Kier molecular flexibility index (Phi) is 3.88. The van der Waals surface area contributed by atoms with Gasteiger partial charge in [0.1, 0.15) is 11.5 Å². The van der Waals surface area contributed by atoms with E-state index < -0.39 is 0 Å². The van der Waals surface area contributed by atoms with Crippen LogP contribution in [0.3, 0.4) is 0 Å². The van der Waals surface area contributed by atoms with Crippen LogP contribution in [-0.2, 0) is 0 Å². The first-order valence-electron chi connectivity index (χ1n) is 9.57. The first-order chi connectivity index (χ1) is 13.2. The van der Waals surface area contributed by atoms with Crippen molar-refractivity contribution in [2.75, 3.05) is 27.2 Å². The smallest absolute Gasteiger partial charge is 0.182 e. The first kappa shape index (κ1) is 16.7. The fraction of sp³-hybridized carbons (Fsp3) is 0.364. The van der Waals surface area contributed by atoms with Gasteiger partial charge in [0.25, 0.3) is 0 Å². The van der Waals surface area contributed by atoms with Crippen molar-refractivity contribution in [2.45, 2.75) is 24.6 Å². The Morgan fingerprint density at radius 3 is 2.74 bits per heavy atom. The van der Waals surface area contributed by atoms with Gasteiger partial charge in [0.05, 0.1) is 18.8 Å². The van der Waals surface area contributed by atoms with Gasteiger partial charge in [0.2, 0.25) is 0 Å². The van der Waals surface area contributed by atoms with E-state index in [0.29, 0.717) is 0 Å². The highest BCUT2D eigenvalue weighted by Crippen LogP contribution is 2.48. The number of methoxy groups -OCH3 is 1. The summed E-state index contributed by atoms with van der Waals surface area (Å²) in [5.41, 5.74) is 6.81. The molecule has 27 heavy (non-hydrogen) atoms. The molecule has 2 aromatic carbocycles. The van der Waals surface area contributed by atoms with E-state index in [4.69, 9.17) is 9.47 Å². The third-order valence-electron chi connectivity index (χ3n) is 5.97. The predicted molar refractivity (Wildman–Crippen MR) is 105 cm³/mol. The van der Waals surface area contributed by atoms with Crippen LogP contribution >= 0.6 is 0 Å². The maximum atomic E-state index is 6.63. The SMILES string of the molecule is COc1cccc(C2=C[C@@H]3c4ccccc4OC4(CCN(C)CC4)N3N2)c1. The van der Waals surface area contributed by atoms with Gasteiger partial charge < -0.3 is 19.8 Å². The van der Waals surface area contributed by atoms with Crippen LogP contribution in [0, 0.1) is 0 Å². The molecule has 1 fully saturated rings. The van der Waals surface area contributed by atoms with Gasteiger partial charge in [-0.1, -0.05) is 30.3 Å². The fourth-order valence-corrected chi connectivity index (χ4v) is 4.39. The number of hydrogen-bond donors (Lipinski definition) is 1. The van der Waals surface area contributed by atoms with Gasteiger partial charge in [0, 0.05) is 37.1 Å². The average Bonchev–Trinajstić information content (AvgIpc) is 3.17. The Hall–Kier alpha value is -2.50. The molecule has 3 aliphatic heterocycles. The van der Waals surface area contributed by atoms with Gasteiger partial charge in [-0.2, -0.15) is 5.01 Å². The van der Waals surface area contributed by atoms with E-state index in [1.54, 1.807) is 7.11 Å². The number of rotatable bonds is 2. The first-order valence-corrected chi connectivity index (χ1v) is 9.57. The molecular weight excluding hydrogens is 338 g/mol. The summed E-state index contributed by atoms with van der Waals surface area (Å²) in [5, 5.41) is 2.33. The highest BCUT2D eigenvalue weighted by Gasteiger charge is 2.51. The minimum atomic E-state index is -0.317. The van der Waals surface area contributed by atoms with Crippen LogP contribution in [0.25, 0.3) is 5.70 Å². The van der Waals surface area contributed by atoms with Crippen LogP contribution in [0.1, 0.15) is 30.0 Å². The predicted octanol–water partition coefficient (Wildman–Crippen LogP) is 3.41. The maximum absolute atomic E-state index is 6.63. The molecule has 0 aromatic heterocycles. The van der Waals surface area contributed by atoms with Crippen molar-refractivity contribution in [1.29, 1.82) is 0 Å². The van der Waals surface area contributed by atoms with Gasteiger partial charge in [-0.25, -0.2) is 0 Å². The highest BCUT2D eigenvalue weighted by molar-refractivity contribution is 5.68. The largest absolute Gasteiger partial charge is 0.497 e. The third kappa shape index (κ3) is 2.69. The standard InChI is InChI=1S/C22H25N3O2/c1-24-12-10-22(11-13-24)25-20(18-8-3-4-9-21(18)27-22)15-19(23-25)16-6-5-7-17(14-16)26-2/h3-9,14-15,20,23H,10-13H2,1-2H3/t20-/m1/s1. The van der Waals surface area contributed by atoms with Gasteiger partial charge in [-0.05, 0) is 31.3 Å².